The number of aryl methyl sites for hydroxylation is 1. The van der Waals surface area contributed by atoms with Gasteiger partial charge in [0.2, 0.25) is 6.41 Å². The number of hydrogen-bond donors (Lipinski definition) is 0. The van der Waals surface area contributed by atoms with Crippen LogP contribution in [0.2, 0.25) is 0 Å². The zero-order valence-corrected chi connectivity index (χ0v) is 23.3. The second kappa shape index (κ2) is 12.3. The summed E-state index contributed by atoms with van der Waals surface area (Å²) >= 11 is 1.91. The van der Waals surface area contributed by atoms with Crippen molar-refractivity contribution in [3.05, 3.63) is 48.0 Å². The van der Waals surface area contributed by atoms with Gasteiger partial charge in [0, 0.05) is 81.3 Å². The lowest BCUT2D eigenvalue weighted by molar-refractivity contribution is -0.108. The third kappa shape index (κ3) is 5.90. The van der Waals surface area contributed by atoms with Crippen LogP contribution in [-0.2, 0) is 16.6 Å². The Kier molecular flexibility index (Phi) is 8.66. The van der Waals surface area contributed by atoms with Gasteiger partial charge in [-0.3, -0.25) is 19.3 Å². The lowest BCUT2D eigenvalue weighted by atomic mass is 10.1. The Labute approximate surface area is 229 Å². The number of fused-ring (bicyclic) bond motifs is 1. The van der Waals surface area contributed by atoms with Crippen LogP contribution in [0.15, 0.2) is 47.4 Å². The smallest absolute Gasteiger partial charge is 0.215 e. The first-order chi connectivity index (χ1) is 18.6. The van der Waals surface area contributed by atoms with Gasteiger partial charge < -0.3 is 9.69 Å². The molecule has 202 valence electrons. The molecule has 0 saturated carbocycles. The minimum absolute atomic E-state index is 0.291. The van der Waals surface area contributed by atoms with Gasteiger partial charge in [-0.25, -0.2) is 4.31 Å². The Bertz CT molecular complexity index is 1250. The highest BCUT2D eigenvalue weighted by Gasteiger charge is 2.24. The first-order valence-electron chi connectivity index (χ1n) is 13.7. The maximum atomic E-state index is 11.6. The fraction of sp³-hybridized carbons (Fsp3) is 0.483. The summed E-state index contributed by atoms with van der Waals surface area (Å²) in [6.07, 6.45) is 5.84. The summed E-state index contributed by atoms with van der Waals surface area (Å²) in [5.41, 5.74) is 3.54. The van der Waals surface area contributed by atoms with E-state index in [1.165, 1.54) is 53.4 Å². The molecule has 3 aromatic rings. The number of piperidine rings is 1. The standard InChI is InChI=1S/C29H38N6O2S/c1-23(24-8-6-9-26(20-24)38-35-13-4-3-5-14-35)32-15-17-33(18-16-32)25-10-11-27-28(21-25)31(2)30-29(27)34(22-37)12-7-19-36/h6,8-11,19-23H,3-5,7,12-18H2,1-2H3. The molecular formula is C29H38N6O2S. The molecule has 2 aliphatic rings. The van der Waals surface area contributed by atoms with Crippen molar-refractivity contribution < 1.29 is 9.59 Å². The maximum Gasteiger partial charge on any atom is 0.215 e. The van der Waals surface area contributed by atoms with Crippen molar-refractivity contribution in [2.75, 3.05) is 55.6 Å². The van der Waals surface area contributed by atoms with E-state index in [9.17, 15) is 9.59 Å². The van der Waals surface area contributed by atoms with E-state index in [1.807, 2.05) is 29.7 Å². The van der Waals surface area contributed by atoms with Crippen LogP contribution < -0.4 is 9.80 Å². The van der Waals surface area contributed by atoms with E-state index in [-0.39, 0.29) is 0 Å². The van der Waals surface area contributed by atoms with Crippen LogP contribution in [0.3, 0.4) is 0 Å². The molecule has 5 rings (SSSR count). The summed E-state index contributed by atoms with van der Waals surface area (Å²) in [6, 6.07) is 15.8. The molecule has 0 N–H and O–H groups in total. The van der Waals surface area contributed by atoms with Crippen LogP contribution >= 0.6 is 11.9 Å². The molecule has 0 spiro atoms. The maximum absolute atomic E-state index is 11.6. The molecule has 0 aliphatic carbocycles. The van der Waals surface area contributed by atoms with Gasteiger partial charge in [0.15, 0.2) is 5.82 Å². The molecular weight excluding hydrogens is 496 g/mol. The van der Waals surface area contributed by atoms with Crippen molar-refractivity contribution in [2.45, 2.75) is 43.5 Å². The number of benzene rings is 2. The predicted octanol–water partition coefficient (Wildman–Crippen LogP) is 4.50. The van der Waals surface area contributed by atoms with Crippen LogP contribution in [0.25, 0.3) is 10.9 Å². The van der Waals surface area contributed by atoms with Crippen molar-refractivity contribution >= 4 is 47.1 Å². The highest BCUT2D eigenvalue weighted by atomic mass is 32.2. The number of hydrogen-bond acceptors (Lipinski definition) is 7. The quantitative estimate of drug-likeness (QED) is 0.280. The average Bonchev–Trinajstić information content (AvgIpc) is 3.29. The molecule has 0 bridgehead atoms. The molecule has 1 amide bonds. The number of rotatable bonds is 10. The first kappa shape index (κ1) is 26.7. The summed E-state index contributed by atoms with van der Waals surface area (Å²) in [6.45, 7) is 8.97. The lowest BCUT2D eigenvalue weighted by Gasteiger charge is -2.39. The van der Waals surface area contributed by atoms with Crippen LogP contribution in [0.1, 0.15) is 44.2 Å². The van der Waals surface area contributed by atoms with E-state index in [0.29, 0.717) is 24.8 Å². The average molecular weight is 535 g/mol. The van der Waals surface area contributed by atoms with Gasteiger partial charge in [-0.1, -0.05) is 18.6 Å². The summed E-state index contributed by atoms with van der Waals surface area (Å²) in [5.74, 6) is 0.602. The second-order valence-electron chi connectivity index (χ2n) is 10.3. The number of carbonyl (C=O) groups excluding carboxylic acids is 2. The van der Waals surface area contributed by atoms with E-state index < -0.39 is 0 Å². The largest absolute Gasteiger partial charge is 0.369 e. The molecule has 2 fully saturated rings. The molecule has 0 radical (unpaired) electrons. The van der Waals surface area contributed by atoms with Gasteiger partial charge in [0.25, 0.3) is 0 Å². The molecule has 8 nitrogen and oxygen atoms in total. The number of anilines is 2. The van der Waals surface area contributed by atoms with E-state index in [1.54, 1.807) is 0 Å². The van der Waals surface area contributed by atoms with Gasteiger partial charge in [-0.15, -0.1) is 0 Å². The van der Waals surface area contributed by atoms with Crippen LogP contribution in [0.4, 0.5) is 11.5 Å². The number of amides is 1. The predicted molar refractivity (Wildman–Crippen MR) is 155 cm³/mol. The highest BCUT2D eigenvalue weighted by molar-refractivity contribution is 7.97. The molecule has 2 aromatic carbocycles. The van der Waals surface area contributed by atoms with Crippen molar-refractivity contribution in [1.82, 2.24) is 19.0 Å². The molecule has 9 heteroatoms. The summed E-state index contributed by atoms with van der Waals surface area (Å²) < 4.78 is 4.33. The fourth-order valence-electron chi connectivity index (χ4n) is 5.55. The normalized spacial score (nSPS) is 18.0. The third-order valence-corrected chi connectivity index (χ3v) is 8.91. The summed E-state index contributed by atoms with van der Waals surface area (Å²) in [7, 11) is 1.90. The summed E-state index contributed by atoms with van der Waals surface area (Å²) in [4.78, 5) is 30.3. The number of nitrogens with zero attached hydrogens (tertiary/aromatic N) is 6. The van der Waals surface area contributed by atoms with Gasteiger partial charge in [-0.05, 0) is 67.6 Å². The molecule has 3 heterocycles. The number of aromatic nitrogens is 2. The third-order valence-electron chi connectivity index (χ3n) is 7.82. The zero-order valence-electron chi connectivity index (χ0n) is 22.5. The van der Waals surface area contributed by atoms with Crippen LogP contribution in [0.5, 0.6) is 0 Å². The SMILES string of the molecule is CC(c1cccc(SN2CCCCC2)c1)N1CCN(c2ccc3c(N(C=O)CCC=O)nn(C)c3c2)CC1. The zero-order chi connectivity index (χ0) is 26.5. The number of aldehydes is 1. The van der Waals surface area contributed by atoms with Gasteiger partial charge in [0.1, 0.15) is 6.29 Å². The Morgan fingerprint density at radius 3 is 2.53 bits per heavy atom. The molecule has 2 aliphatic heterocycles. The van der Waals surface area contributed by atoms with E-state index in [0.717, 1.165) is 49.8 Å². The molecule has 1 atom stereocenters. The lowest BCUT2D eigenvalue weighted by Crippen LogP contribution is -2.47. The van der Waals surface area contributed by atoms with Gasteiger partial charge in [-0.2, -0.15) is 5.10 Å². The Morgan fingerprint density at radius 2 is 1.79 bits per heavy atom. The first-order valence-corrected chi connectivity index (χ1v) is 14.5. The summed E-state index contributed by atoms with van der Waals surface area (Å²) in [5, 5.41) is 5.50. The minimum atomic E-state index is 0.291. The monoisotopic (exact) mass is 534 g/mol. The van der Waals surface area contributed by atoms with Crippen molar-refractivity contribution in [3.63, 3.8) is 0 Å². The molecule has 2 saturated heterocycles. The van der Waals surface area contributed by atoms with E-state index in [2.05, 4.69) is 62.5 Å². The molecule has 38 heavy (non-hydrogen) atoms. The molecule has 1 aromatic heterocycles. The number of carbonyl (C=O) groups is 2. The van der Waals surface area contributed by atoms with E-state index in [4.69, 9.17) is 0 Å². The molecule has 1 unspecified atom stereocenters. The fourth-order valence-corrected chi connectivity index (χ4v) is 6.62. The minimum Gasteiger partial charge on any atom is -0.369 e. The van der Waals surface area contributed by atoms with Crippen molar-refractivity contribution in [1.29, 1.82) is 0 Å². The Balaban J connectivity index is 1.23. The van der Waals surface area contributed by atoms with Crippen LogP contribution in [0, 0.1) is 0 Å². The van der Waals surface area contributed by atoms with E-state index >= 15 is 0 Å². The van der Waals surface area contributed by atoms with Gasteiger partial charge in [0.05, 0.1) is 5.52 Å². The van der Waals surface area contributed by atoms with Crippen molar-refractivity contribution in [3.8, 4) is 0 Å². The van der Waals surface area contributed by atoms with Gasteiger partial charge >= 0.3 is 0 Å². The topological polar surface area (TPSA) is 64.9 Å². The Hall–Kier alpha value is -2.88. The van der Waals surface area contributed by atoms with Crippen molar-refractivity contribution in [2.24, 2.45) is 7.05 Å². The highest BCUT2D eigenvalue weighted by Crippen LogP contribution is 2.32. The Morgan fingerprint density at radius 1 is 1.00 bits per heavy atom. The van der Waals surface area contributed by atoms with Crippen LogP contribution in [-0.4, -0.2) is 77.5 Å². The second-order valence-corrected chi connectivity index (χ2v) is 11.4. The number of piperazine rings is 1.